The Morgan fingerprint density at radius 1 is 0.851 bits per heavy atom. The first-order valence-corrected chi connectivity index (χ1v) is 17.8. The molecule has 0 bridgehead atoms. The van der Waals surface area contributed by atoms with Gasteiger partial charge in [-0.2, -0.15) is 12.7 Å². The fourth-order valence-electron chi connectivity index (χ4n) is 5.23. The maximum atomic E-state index is 14.2. The van der Waals surface area contributed by atoms with Crippen LogP contribution < -0.4 is 14.8 Å². The van der Waals surface area contributed by atoms with Gasteiger partial charge in [-0.05, 0) is 60.4 Å². The number of carbonyl (C=O) groups is 2. The fourth-order valence-corrected chi connectivity index (χ4v) is 8.00. The maximum absolute atomic E-state index is 14.2. The number of rotatable bonds is 12. The van der Waals surface area contributed by atoms with Crippen LogP contribution in [0.5, 0.6) is 5.75 Å². The van der Waals surface area contributed by atoms with Crippen LogP contribution in [0.4, 0.5) is 4.79 Å². The molecule has 11 nitrogen and oxygen atoms in total. The minimum Gasteiger partial charge on any atom is -0.445 e. The van der Waals surface area contributed by atoms with Gasteiger partial charge in [0.1, 0.15) is 17.3 Å². The lowest BCUT2D eigenvalue weighted by Crippen LogP contribution is -2.61. The normalized spacial score (nSPS) is 16.1. The number of amides is 1. The molecule has 0 aromatic heterocycles. The van der Waals surface area contributed by atoms with E-state index in [2.05, 4.69) is 10.6 Å². The van der Waals surface area contributed by atoms with Gasteiger partial charge in [-0.25, -0.2) is 13.2 Å². The molecule has 4 aromatic carbocycles. The Kier molecular flexibility index (Phi) is 10.7. The molecular weight excluding hydrogens is 643 g/mol. The van der Waals surface area contributed by atoms with Crippen molar-refractivity contribution in [2.45, 2.75) is 41.8 Å². The first kappa shape index (κ1) is 33.8. The Labute approximate surface area is 274 Å². The Morgan fingerprint density at radius 2 is 1.49 bits per heavy atom. The summed E-state index contributed by atoms with van der Waals surface area (Å²) in [5, 5.41) is 5.74. The summed E-state index contributed by atoms with van der Waals surface area (Å²) in [6, 6.07) is 27.1. The number of sulfonamides is 1. The maximum Gasteiger partial charge on any atom is 0.408 e. The van der Waals surface area contributed by atoms with E-state index in [9.17, 15) is 26.4 Å². The molecule has 4 aromatic rings. The number of hydrogen-bond acceptors (Lipinski definition) is 9. The number of Topliss-reactive ketones (excluding diaryl/α,β-unsaturated/α-hetero) is 1. The molecular formula is C34H35N3O8S2. The quantitative estimate of drug-likeness (QED) is 0.214. The third-order valence-corrected chi connectivity index (χ3v) is 11.0. The largest absolute Gasteiger partial charge is 0.445 e. The number of nitrogens with zero attached hydrogens (tertiary/aromatic N) is 1. The molecule has 0 radical (unpaired) electrons. The molecule has 1 aliphatic rings. The first-order chi connectivity index (χ1) is 22.5. The van der Waals surface area contributed by atoms with Crippen molar-refractivity contribution < 1.29 is 35.3 Å². The zero-order chi connectivity index (χ0) is 33.4. The summed E-state index contributed by atoms with van der Waals surface area (Å²) >= 11 is 0. The molecule has 0 saturated carbocycles. The Hall–Kier alpha value is -4.56. The Balaban J connectivity index is 1.38. The van der Waals surface area contributed by atoms with Gasteiger partial charge in [-0.15, -0.1) is 0 Å². The highest BCUT2D eigenvalue weighted by Gasteiger charge is 2.41. The fraction of sp³-hybridized carbons (Fsp3) is 0.235. The molecule has 1 amide bonds. The van der Waals surface area contributed by atoms with Crippen LogP contribution in [0.15, 0.2) is 119 Å². The minimum atomic E-state index is -4.07. The van der Waals surface area contributed by atoms with E-state index in [0.717, 1.165) is 5.56 Å². The molecule has 13 heteroatoms. The summed E-state index contributed by atoms with van der Waals surface area (Å²) in [7, 11) is -8.12. The lowest BCUT2D eigenvalue weighted by atomic mass is 9.97. The van der Waals surface area contributed by atoms with E-state index in [1.165, 1.54) is 34.6 Å². The molecule has 1 fully saturated rings. The number of ketones is 1. The van der Waals surface area contributed by atoms with Gasteiger partial charge >= 0.3 is 16.2 Å². The molecule has 1 unspecified atom stereocenters. The summed E-state index contributed by atoms with van der Waals surface area (Å²) in [6.45, 7) is 2.11. The molecule has 0 aliphatic carbocycles. The van der Waals surface area contributed by atoms with Crippen LogP contribution in [-0.2, 0) is 42.7 Å². The highest BCUT2D eigenvalue weighted by molar-refractivity contribution is 7.89. The number of piperazine rings is 1. The van der Waals surface area contributed by atoms with E-state index in [4.69, 9.17) is 8.92 Å². The molecule has 2 N–H and O–H groups in total. The number of ether oxygens (including phenoxy) is 1. The van der Waals surface area contributed by atoms with E-state index in [1.807, 2.05) is 6.07 Å². The summed E-state index contributed by atoms with van der Waals surface area (Å²) in [5.41, 5.74) is 1.86. The van der Waals surface area contributed by atoms with E-state index >= 15 is 0 Å². The van der Waals surface area contributed by atoms with Crippen molar-refractivity contribution in [3.8, 4) is 5.75 Å². The molecule has 0 spiro atoms. The van der Waals surface area contributed by atoms with Gasteiger partial charge in [0.05, 0.1) is 17.0 Å². The highest BCUT2D eigenvalue weighted by Crippen LogP contribution is 2.25. The second-order valence-electron chi connectivity index (χ2n) is 11.0. The van der Waals surface area contributed by atoms with Crippen molar-refractivity contribution in [3.63, 3.8) is 0 Å². The van der Waals surface area contributed by atoms with E-state index in [1.54, 1.807) is 79.7 Å². The SMILES string of the molecule is Cc1ccccc1S(=O)(=O)N1CCNCC1C(=O)[C@H](Cc1ccc(OS(=O)(=O)c2ccccc2)cc1)NC(=O)OCc1ccccc1. The van der Waals surface area contributed by atoms with Gasteiger partial charge in [0, 0.05) is 19.6 Å². The molecule has 47 heavy (non-hydrogen) atoms. The Bertz CT molecular complexity index is 1900. The molecule has 1 heterocycles. The van der Waals surface area contributed by atoms with Crippen LogP contribution >= 0.6 is 0 Å². The first-order valence-electron chi connectivity index (χ1n) is 14.9. The minimum absolute atomic E-state index is 0.000697. The molecule has 1 saturated heterocycles. The van der Waals surface area contributed by atoms with Crippen LogP contribution in [0.3, 0.4) is 0 Å². The molecule has 1 aliphatic heterocycles. The lowest BCUT2D eigenvalue weighted by molar-refractivity contribution is -0.125. The van der Waals surface area contributed by atoms with Crippen LogP contribution in [0.2, 0.25) is 0 Å². The van der Waals surface area contributed by atoms with Gasteiger partial charge in [0.2, 0.25) is 10.0 Å². The molecule has 5 rings (SSSR count). The third kappa shape index (κ3) is 8.43. The van der Waals surface area contributed by atoms with Crippen molar-refractivity contribution in [2.24, 2.45) is 0 Å². The van der Waals surface area contributed by atoms with Crippen molar-refractivity contribution in [3.05, 3.63) is 126 Å². The topological polar surface area (TPSA) is 148 Å². The zero-order valence-electron chi connectivity index (χ0n) is 25.6. The summed E-state index contributed by atoms with van der Waals surface area (Å²) in [6.07, 6.45) is -0.877. The smallest absolute Gasteiger partial charge is 0.408 e. The van der Waals surface area contributed by atoms with Crippen LogP contribution in [0.25, 0.3) is 0 Å². The predicted molar refractivity (Wildman–Crippen MR) is 175 cm³/mol. The number of carbonyl (C=O) groups excluding carboxylic acids is 2. The van der Waals surface area contributed by atoms with Crippen LogP contribution in [0.1, 0.15) is 16.7 Å². The highest BCUT2D eigenvalue weighted by atomic mass is 32.2. The number of alkyl carbamates (subject to hydrolysis) is 1. The van der Waals surface area contributed by atoms with Crippen LogP contribution in [-0.4, -0.2) is 64.7 Å². The number of hydrogen-bond donors (Lipinski definition) is 2. The summed E-state index contributed by atoms with van der Waals surface area (Å²) < 4.78 is 64.8. The second kappa shape index (κ2) is 14.9. The summed E-state index contributed by atoms with van der Waals surface area (Å²) in [5.74, 6) is -0.472. The van der Waals surface area contributed by atoms with Crippen molar-refractivity contribution >= 4 is 32.0 Å². The number of benzene rings is 4. The molecule has 246 valence electrons. The van der Waals surface area contributed by atoms with Gasteiger partial charge in [0.25, 0.3) is 0 Å². The number of nitrogens with one attached hydrogen (secondary N) is 2. The van der Waals surface area contributed by atoms with Crippen molar-refractivity contribution in [1.29, 1.82) is 0 Å². The van der Waals surface area contributed by atoms with Gasteiger partial charge < -0.3 is 19.6 Å². The molecule has 2 atom stereocenters. The van der Waals surface area contributed by atoms with E-state index in [-0.39, 0.29) is 41.7 Å². The van der Waals surface area contributed by atoms with Gasteiger partial charge in [0.15, 0.2) is 5.78 Å². The Morgan fingerprint density at radius 3 is 2.17 bits per heavy atom. The van der Waals surface area contributed by atoms with Gasteiger partial charge in [-0.3, -0.25) is 4.79 Å². The van der Waals surface area contributed by atoms with E-state index < -0.39 is 44.1 Å². The standard InChI is InChI=1S/C34H35N3O8S2/c1-25-10-8-9-15-32(25)46(40,41)37-21-20-35-23-31(37)33(38)30(36-34(39)44-24-27-11-4-2-5-12-27)22-26-16-18-28(19-17-26)45-47(42,43)29-13-6-3-7-14-29/h2-19,30-31,35H,20-24H2,1H3,(H,36,39)/t30-,31?/m0/s1. The monoisotopic (exact) mass is 677 g/mol. The van der Waals surface area contributed by atoms with Gasteiger partial charge in [-0.1, -0.05) is 78.9 Å². The van der Waals surface area contributed by atoms with Crippen molar-refractivity contribution in [1.82, 2.24) is 14.9 Å². The second-order valence-corrected chi connectivity index (χ2v) is 14.4. The zero-order valence-corrected chi connectivity index (χ0v) is 27.2. The lowest BCUT2D eigenvalue weighted by Gasteiger charge is -2.36. The van der Waals surface area contributed by atoms with Crippen molar-refractivity contribution in [2.75, 3.05) is 19.6 Å². The third-order valence-electron chi connectivity index (χ3n) is 7.65. The van der Waals surface area contributed by atoms with Crippen LogP contribution in [0, 0.1) is 6.92 Å². The predicted octanol–water partition coefficient (Wildman–Crippen LogP) is 3.83. The van der Waals surface area contributed by atoms with E-state index in [0.29, 0.717) is 17.7 Å². The number of aryl methyl sites for hydroxylation is 1. The average Bonchev–Trinajstić information content (AvgIpc) is 3.08. The average molecular weight is 678 g/mol. The summed E-state index contributed by atoms with van der Waals surface area (Å²) in [4.78, 5) is 27.3.